The zero-order valence-corrected chi connectivity index (χ0v) is 10.9. The summed E-state index contributed by atoms with van der Waals surface area (Å²) in [4.78, 5) is 11.9. The van der Waals surface area contributed by atoms with E-state index in [1.165, 1.54) is 0 Å². The van der Waals surface area contributed by atoms with Crippen LogP contribution in [-0.2, 0) is 4.79 Å². The number of anilines is 1. The Hall–Kier alpha value is -1.63. The van der Waals surface area contributed by atoms with Crippen LogP contribution in [0.1, 0.15) is 18.7 Å². The Morgan fingerprint density at radius 3 is 2.94 bits per heavy atom. The van der Waals surface area contributed by atoms with Crippen LogP contribution in [0.5, 0.6) is 0 Å². The van der Waals surface area contributed by atoms with Gasteiger partial charge >= 0.3 is 0 Å². The van der Waals surface area contributed by atoms with E-state index in [-0.39, 0.29) is 5.91 Å². The Morgan fingerprint density at radius 2 is 2.41 bits per heavy atom. The number of carbonyl (C=O) groups is 1. The summed E-state index contributed by atoms with van der Waals surface area (Å²) in [5, 5.41) is 10.4. The number of nitrogens with zero attached hydrogens (tertiary/aromatic N) is 3. The summed E-state index contributed by atoms with van der Waals surface area (Å²) < 4.78 is 7.25. The van der Waals surface area contributed by atoms with Gasteiger partial charge in [0.05, 0.1) is 10.7 Å². The fraction of sp³-hybridized carbons (Fsp3) is 0.300. The van der Waals surface area contributed by atoms with Crippen molar-refractivity contribution < 1.29 is 9.32 Å². The lowest BCUT2D eigenvalue weighted by Crippen LogP contribution is -2.24. The molecule has 0 aromatic carbocycles. The van der Waals surface area contributed by atoms with Crippen molar-refractivity contribution in [1.82, 2.24) is 14.9 Å². The Kier molecular flexibility index (Phi) is 3.28. The van der Waals surface area contributed by atoms with E-state index in [2.05, 4.69) is 31.5 Å². The number of aromatic nitrogens is 3. The maximum absolute atomic E-state index is 11.9. The van der Waals surface area contributed by atoms with E-state index >= 15 is 0 Å². The summed E-state index contributed by atoms with van der Waals surface area (Å²) in [6.07, 6.45) is 3.36. The molecule has 0 radical (unpaired) electrons. The van der Waals surface area contributed by atoms with Crippen LogP contribution in [0.25, 0.3) is 0 Å². The molecule has 1 amide bonds. The minimum absolute atomic E-state index is 0.200. The zero-order valence-electron chi connectivity index (χ0n) is 9.35. The molecule has 2 aromatic rings. The first-order chi connectivity index (χ1) is 8.06. The molecule has 0 bridgehead atoms. The molecular weight excluding hydrogens is 288 g/mol. The van der Waals surface area contributed by atoms with E-state index in [1.54, 1.807) is 37.0 Å². The van der Waals surface area contributed by atoms with Gasteiger partial charge in [0.1, 0.15) is 11.8 Å². The molecule has 1 unspecified atom stereocenters. The van der Waals surface area contributed by atoms with Gasteiger partial charge in [-0.1, -0.05) is 5.16 Å². The molecule has 0 aliphatic rings. The maximum atomic E-state index is 11.9. The molecule has 1 atom stereocenters. The highest BCUT2D eigenvalue weighted by molar-refractivity contribution is 9.10. The van der Waals surface area contributed by atoms with Gasteiger partial charge in [0.2, 0.25) is 5.91 Å². The predicted octanol–water partition coefficient (Wildman–Crippen LogP) is 2.14. The van der Waals surface area contributed by atoms with Crippen LogP contribution in [0.15, 0.2) is 27.5 Å². The fourth-order valence-corrected chi connectivity index (χ4v) is 1.60. The monoisotopic (exact) mass is 298 g/mol. The van der Waals surface area contributed by atoms with Gasteiger partial charge in [0.15, 0.2) is 5.82 Å². The second-order valence-electron chi connectivity index (χ2n) is 3.63. The van der Waals surface area contributed by atoms with Gasteiger partial charge in [-0.25, -0.2) is 0 Å². The summed E-state index contributed by atoms with van der Waals surface area (Å²) >= 11 is 3.28. The van der Waals surface area contributed by atoms with Crippen molar-refractivity contribution in [2.45, 2.75) is 19.9 Å². The van der Waals surface area contributed by atoms with Crippen molar-refractivity contribution in [1.29, 1.82) is 0 Å². The molecule has 0 spiro atoms. The number of amides is 1. The van der Waals surface area contributed by atoms with Gasteiger partial charge in [0, 0.05) is 12.3 Å². The second-order valence-corrected chi connectivity index (χ2v) is 4.54. The number of halogens is 1. The normalized spacial score (nSPS) is 12.4. The molecule has 0 saturated carbocycles. The Bertz CT molecular complexity index is 534. The molecule has 1 N–H and O–H groups in total. The average Bonchev–Trinajstić information content (AvgIpc) is 2.87. The van der Waals surface area contributed by atoms with Crippen molar-refractivity contribution in [3.8, 4) is 0 Å². The summed E-state index contributed by atoms with van der Waals surface area (Å²) in [6, 6.07) is 1.24. The van der Waals surface area contributed by atoms with Crippen molar-refractivity contribution in [3.05, 3.63) is 28.7 Å². The highest BCUT2D eigenvalue weighted by atomic mass is 79.9. The number of nitrogens with one attached hydrogen (secondary N) is 1. The minimum atomic E-state index is -0.418. The topological polar surface area (TPSA) is 73.0 Å². The molecule has 0 aliphatic heterocycles. The molecule has 6 nitrogen and oxygen atoms in total. The molecule has 0 saturated heterocycles. The average molecular weight is 299 g/mol. The van der Waals surface area contributed by atoms with Gasteiger partial charge in [-0.2, -0.15) is 5.10 Å². The first-order valence-electron chi connectivity index (χ1n) is 5.00. The molecule has 0 fully saturated rings. The highest BCUT2D eigenvalue weighted by Gasteiger charge is 2.17. The molecule has 0 aliphatic carbocycles. The van der Waals surface area contributed by atoms with E-state index in [1.807, 2.05) is 0 Å². The summed E-state index contributed by atoms with van der Waals surface area (Å²) in [6.45, 7) is 3.51. The van der Waals surface area contributed by atoms with Crippen molar-refractivity contribution in [3.63, 3.8) is 0 Å². The second kappa shape index (κ2) is 4.70. The van der Waals surface area contributed by atoms with Gasteiger partial charge in [-0.3, -0.25) is 9.48 Å². The van der Waals surface area contributed by atoms with Crippen LogP contribution in [0, 0.1) is 6.92 Å². The fourth-order valence-electron chi connectivity index (χ4n) is 1.30. The lowest BCUT2D eigenvalue weighted by molar-refractivity contribution is -0.119. The van der Waals surface area contributed by atoms with Crippen molar-refractivity contribution in [2.24, 2.45) is 0 Å². The summed E-state index contributed by atoms with van der Waals surface area (Å²) in [7, 11) is 0. The van der Waals surface area contributed by atoms with Crippen LogP contribution in [0.3, 0.4) is 0 Å². The third-order valence-corrected chi connectivity index (χ3v) is 2.63. The molecule has 2 heterocycles. The van der Waals surface area contributed by atoms with E-state index in [0.29, 0.717) is 11.6 Å². The standard InChI is InChI=1S/C10H11BrN4O2/c1-6-3-9(14-17-6)13-10(16)7(2)15-5-8(11)4-12-15/h3-5,7H,1-2H3,(H,13,14,16). The lowest BCUT2D eigenvalue weighted by Gasteiger charge is -2.10. The van der Waals surface area contributed by atoms with Gasteiger partial charge in [-0.05, 0) is 29.8 Å². The van der Waals surface area contributed by atoms with E-state index < -0.39 is 6.04 Å². The molecule has 2 rings (SSSR count). The first kappa shape index (κ1) is 11.8. The maximum Gasteiger partial charge on any atom is 0.250 e. The van der Waals surface area contributed by atoms with E-state index in [4.69, 9.17) is 4.52 Å². The summed E-state index contributed by atoms with van der Waals surface area (Å²) in [5.74, 6) is 0.856. The SMILES string of the molecule is Cc1cc(NC(=O)C(C)n2cc(Br)cn2)no1. The molecule has 2 aromatic heterocycles. The third-order valence-electron chi connectivity index (χ3n) is 2.23. The molecule has 17 heavy (non-hydrogen) atoms. The van der Waals surface area contributed by atoms with Gasteiger partial charge in [-0.15, -0.1) is 0 Å². The van der Waals surface area contributed by atoms with Gasteiger partial charge < -0.3 is 9.84 Å². The highest BCUT2D eigenvalue weighted by Crippen LogP contribution is 2.14. The van der Waals surface area contributed by atoms with Crippen LogP contribution in [0.2, 0.25) is 0 Å². The number of carbonyl (C=O) groups excluding carboxylic acids is 1. The van der Waals surface area contributed by atoms with Gasteiger partial charge in [0.25, 0.3) is 0 Å². The van der Waals surface area contributed by atoms with Crippen LogP contribution in [-0.4, -0.2) is 20.8 Å². The zero-order chi connectivity index (χ0) is 12.4. The number of hydrogen-bond donors (Lipinski definition) is 1. The summed E-state index contributed by atoms with van der Waals surface area (Å²) in [5.41, 5.74) is 0. The van der Waals surface area contributed by atoms with Crippen molar-refractivity contribution >= 4 is 27.7 Å². The Balaban J connectivity index is 2.05. The third kappa shape index (κ3) is 2.73. The number of aryl methyl sites for hydroxylation is 1. The van der Waals surface area contributed by atoms with Crippen molar-refractivity contribution in [2.75, 3.05) is 5.32 Å². The van der Waals surface area contributed by atoms with Crippen LogP contribution < -0.4 is 5.32 Å². The molecular formula is C10H11BrN4O2. The number of rotatable bonds is 3. The lowest BCUT2D eigenvalue weighted by atomic mass is 10.3. The molecule has 7 heteroatoms. The van der Waals surface area contributed by atoms with Crippen LogP contribution in [0.4, 0.5) is 5.82 Å². The van der Waals surface area contributed by atoms with Crippen LogP contribution >= 0.6 is 15.9 Å². The van der Waals surface area contributed by atoms with E-state index in [9.17, 15) is 4.79 Å². The van der Waals surface area contributed by atoms with E-state index in [0.717, 1.165) is 4.47 Å². The largest absolute Gasteiger partial charge is 0.360 e. The number of hydrogen-bond acceptors (Lipinski definition) is 4. The Labute approximate surface area is 106 Å². The quantitative estimate of drug-likeness (QED) is 0.942. The predicted molar refractivity (Wildman–Crippen MR) is 64.5 cm³/mol. The molecule has 90 valence electrons. The minimum Gasteiger partial charge on any atom is -0.360 e. The smallest absolute Gasteiger partial charge is 0.250 e. The Morgan fingerprint density at radius 1 is 1.65 bits per heavy atom. The first-order valence-corrected chi connectivity index (χ1v) is 5.79.